The van der Waals surface area contributed by atoms with Gasteiger partial charge in [0.05, 0.1) is 33.9 Å². The second kappa shape index (κ2) is 5.46. The number of ether oxygens (including phenoxy) is 1. The molecule has 0 aliphatic carbocycles. The van der Waals surface area contributed by atoms with Crippen LogP contribution in [0.2, 0.25) is 0 Å². The van der Waals surface area contributed by atoms with Gasteiger partial charge < -0.3 is 4.74 Å². The summed E-state index contributed by atoms with van der Waals surface area (Å²) in [6.45, 7) is 3.67. The molecule has 1 fully saturated rings. The van der Waals surface area contributed by atoms with Gasteiger partial charge in [0.15, 0.2) is 4.83 Å². The smallest absolute Gasteiger partial charge is 0.379 e. The zero-order chi connectivity index (χ0) is 13.3. The average Bonchev–Trinajstić information content (AvgIpc) is 2.40. The molecule has 0 bridgehead atoms. The third-order valence-electron chi connectivity index (χ3n) is 3.33. The van der Waals surface area contributed by atoms with Gasteiger partial charge in [-0.3, -0.25) is 4.90 Å². The van der Waals surface area contributed by atoms with Crippen LogP contribution < -0.4 is 0 Å². The van der Waals surface area contributed by atoms with E-state index in [1.54, 1.807) is 11.6 Å². The van der Waals surface area contributed by atoms with Gasteiger partial charge >= 0.3 is 11.9 Å². The van der Waals surface area contributed by atoms with E-state index >= 15 is 0 Å². The van der Waals surface area contributed by atoms with E-state index in [9.17, 15) is 9.59 Å². The number of hydrogen-bond acceptors (Lipinski definition) is 4. The molecule has 100 valence electrons. The Kier molecular flexibility index (Phi) is 4.14. The molecule has 3 amide bonds. The lowest BCUT2D eigenvalue weighted by Gasteiger charge is -2.29. The molecule has 2 heterocycles. The highest BCUT2D eigenvalue weighted by molar-refractivity contribution is 9.10. The number of morpholine rings is 1. The fourth-order valence-electron chi connectivity index (χ4n) is 2.10. The predicted molar refractivity (Wildman–Crippen MR) is 69.3 cm³/mol. The number of rotatable bonds is 2. The zero-order valence-corrected chi connectivity index (χ0v) is 12.1. The summed E-state index contributed by atoms with van der Waals surface area (Å²) in [6.07, 6.45) is 0. The minimum Gasteiger partial charge on any atom is -0.379 e. The number of carbonyl (C=O) groups excluding carboxylic acids is 2. The molecule has 0 saturated carbocycles. The van der Waals surface area contributed by atoms with Crippen molar-refractivity contribution in [1.29, 1.82) is 0 Å². The van der Waals surface area contributed by atoms with E-state index in [1.165, 1.54) is 7.05 Å². The first-order chi connectivity index (χ1) is 8.52. The van der Waals surface area contributed by atoms with Crippen molar-refractivity contribution >= 4 is 33.6 Å². The van der Waals surface area contributed by atoms with Crippen molar-refractivity contribution in [3.05, 3.63) is 0 Å². The number of halogens is 1. The minimum atomic E-state index is -0.423. The van der Waals surface area contributed by atoms with E-state index in [4.69, 9.17) is 4.74 Å². The Bertz CT molecular complexity index is 404. The van der Waals surface area contributed by atoms with Gasteiger partial charge in [-0.2, -0.15) is 14.3 Å². The van der Waals surface area contributed by atoms with Crippen LogP contribution in [0.1, 0.15) is 0 Å². The maximum absolute atomic E-state index is 11.9. The Labute approximate surface area is 114 Å². The van der Waals surface area contributed by atoms with Crippen LogP contribution in [-0.4, -0.2) is 83.8 Å². The van der Waals surface area contributed by atoms with E-state index in [1.807, 2.05) is 0 Å². The molecule has 7 heteroatoms. The number of alkyl halides is 1. The largest absolute Gasteiger partial charge is 0.500 e. The van der Waals surface area contributed by atoms with Crippen molar-refractivity contribution in [1.82, 2.24) is 9.80 Å². The third kappa shape index (κ3) is 2.48. The molecule has 0 radical (unpaired) electrons. The molecule has 18 heavy (non-hydrogen) atoms. The number of hydrogen-bond donors (Lipinski definition) is 0. The van der Waals surface area contributed by atoms with Gasteiger partial charge in [-0.25, -0.2) is 4.79 Å². The van der Waals surface area contributed by atoms with Crippen LogP contribution in [0.5, 0.6) is 0 Å². The molecule has 0 spiro atoms. The molecule has 0 aromatic heterocycles. The van der Waals surface area contributed by atoms with Crippen molar-refractivity contribution in [3.8, 4) is 0 Å². The Hall–Kier alpha value is -0.790. The zero-order valence-electron chi connectivity index (χ0n) is 10.6. The first-order valence-electron chi connectivity index (χ1n) is 5.87. The Balaban J connectivity index is 2.18. The minimum absolute atomic E-state index is 0.207. The maximum atomic E-state index is 11.9. The van der Waals surface area contributed by atoms with E-state index in [2.05, 4.69) is 20.8 Å². The monoisotopic (exact) mass is 318 g/mol. The Morgan fingerprint density at radius 1 is 1.39 bits per heavy atom. The molecule has 0 aromatic rings. The summed E-state index contributed by atoms with van der Waals surface area (Å²) in [6, 6.07) is -0.279. The Morgan fingerprint density at radius 2 is 2.00 bits per heavy atom. The van der Waals surface area contributed by atoms with Crippen molar-refractivity contribution in [2.24, 2.45) is 0 Å². The van der Waals surface area contributed by atoms with E-state index in [0.717, 1.165) is 23.7 Å². The lowest BCUT2D eigenvalue weighted by atomic mass is 10.2. The fraction of sp³-hybridized carbons (Fsp3) is 0.727. The number of imide groups is 1. The normalized spacial score (nSPS) is 27.1. The number of amides is 3. The lowest BCUT2D eigenvalue weighted by Crippen LogP contribution is -2.56. The van der Waals surface area contributed by atoms with Crippen molar-refractivity contribution in [2.75, 3.05) is 46.9 Å². The van der Waals surface area contributed by atoms with Crippen LogP contribution >= 0.6 is 15.9 Å². The van der Waals surface area contributed by atoms with Crippen molar-refractivity contribution in [2.45, 2.75) is 4.83 Å². The van der Waals surface area contributed by atoms with Crippen molar-refractivity contribution in [3.63, 3.8) is 0 Å². The topological polar surface area (TPSA) is 52.9 Å². The third-order valence-corrected chi connectivity index (χ3v) is 4.25. The fourth-order valence-corrected chi connectivity index (χ4v) is 2.86. The van der Waals surface area contributed by atoms with Crippen LogP contribution in [0.15, 0.2) is 0 Å². The summed E-state index contributed by atoms with van der Waals surface area (Å²) >= 11 is 3.38. The van der Waals surface area contributed by atoms with E-state index in [-0.39, 0.29) is 11.9 Å². The predicted octanol–water partition coefficient (Wildman–Crippen LogP) is -0.243. The number of nitrogens with zero attached hydrogens (tertiary/aromatic N) is 3. The van der Waals surface area contributed by atoms with Crippen LogP contribution in [0.25, 0.3) is 0 Å². The molecule has 0 N–H and O–H groups in total. The van der Waals surface area contributed by atoms with Crippen LogP contribution in [0, 0.1) is 0 Å². The summed E-state index contributed by atoms with van der Waals surface area (Å²) in [7, 11) is 3.20. The second-order valence-electron chi connectivity index (χ2n) is 4.48. The molecule has 1 unspecified atom stereocenters. The van der Waals surface area contributed by atoms with E-state index in [0.29, 0.717) is 19.8 Å². The van der Waals surface area contributed by atoms with Gasteiger partial charge in [-0.1, -0.05) is 15.9 Å². The summed E-state index contributed by atoms with van der Waals surface area (Å²) in [4.78, 5) is 26.7. The van der Waals surface area contributed by atoms with Gasteiger partial charge in [0.2, 0.25) is 0 Å². The quantitative estimate of drug-likeness (QED) is 0.521. The van der Waals surface area contributed by atoms with Crippen molar-refractivity contribution < 1.29 is 18.9 Å². The summed E-state index contributed by atoms with van der Waals surface area (Å²) in [5.41, 5.74) is 0.796. The van der Waals surface area contributed by atoms with Gasteiger partial charge in [-0.15, -0.1) is 0 Å². The molecule has 2 aliphatic rings. The Morgan fingerprint density at radius 3 is 2.61 bits per heavy atom. The second-order valence-corrected chi connectivity index (χ2v) is 5.40. The van der Waals surface area contributed by atoms with Gasteiger partial charge in [-0.05, 0) is 0 Å². The SMILES string of the molecule is CN1C(=O)C(Br)C(CN2CCOCC2)=[N+](C)C1=O. The standard InChI is InChI=1S/C11H17BrN3O3/c1-13-8(7-15-3-5-18-6-4-15)9(12)10(16)14(2)11(13)17/h9H,3-7H2,1-2H3/q+1. The highest BCUT2D eigenvalue weighted by Crippen LogP contribution is 2.14. The van der Waals surface area contributed by atoms with Crippen LogP contribution in [-0.2, 0) is 9.53 Å². The summed E-state index contributed by atoms with van der Waals surface area (Å²) in [5, 5.41) is 0. The number of urea groups is 1. The van der Waals surface area contributed by atoms with Gasteiger partial charge in [0.1, 0.15) is 5.71 Å². The van der Waals surface area contributed by atoms with Gasteiger partial charge in [0, 0.05) is 13.1 Å². The highest BCUT2D eigenvalue weighted by atomic mass is 79.9. The maximum Gasteiger partial charge on any atom is 0.500 e. The molecule has 1 atom stereocenters. The molecular weight excluding hydrogens is 302 g/mol. The summed E-state index contributed by atoms with van der Waals surface area (Å²) < 4.78 is 6.84. The molecule has 6 nitrogen and oxygen atoms in total. The first-order valence-corrected chi connectivity index (χ1v) is 6.79. The highest BCUT2D eigenvalue weighted by Gasteiger charge is 2.43. The molecule has 2 aliphatic heterocycles. The van der Waals surface area contributed by atoms with Crippen LogP contribution in [0.4, 0.5) is 4.79 Å². The lowest BCUT2D eigenvalue weighted by molar-refractivity contribution is -0.406. The molecule has 2 rings (SSSR count). The molecule has 0 aromatic carbocycles. The first kappa shape index (κ1) is 13.6. The molecule has 1 saturated heterocycles. The average molecular weight is 319 g/mol. The van der Waals surface area contributed by atoms with Gasteiger partial charge in [0.25, 0.3) is 0 Å². The summed E-state index contributed by atoms with van der Waals surface area (Å²) in [5.74, 6) is -0.207. The molecular formula is C11H17BrN3O3+. The van der Waals surface area contributed by atoms with E-state index < -0.39 is 4.83 Å². The van der Waals surface area contributed by atoms with Crippen LogP contribution in [0.3, 0.4) is 0 Å². The number of carbonyl (C=O) groups is 2.